The Morgan fingerprint density at radius 3 is 2.77 bits per heavy atom. The lowest BCUT2D eigenvalue weighted by Gasteiger charge is -2.08. The second kappa shape index (κ2) is 5.37. The summed E-state index contributed by atoms with van der Waals surface area (Å²) in [5, 5.41) is 1.68. The van der Waals surface area contributed by atoms with Gasteiger partial charge in [-0.15, -0.1) is 11.8 Å². The summed E-state index contributed by atoms with van der Waals surface area (Å²) in [7, 11) is 0. The highest BCUT2D eigenvalue weighted by molar-refractivity contribution is 9.11. The van der Waals surface area contributed by atoms with Gasteiger partial charge in [0, 0.05) is 15.9 Å². The van der Waals surface area contributed by atoms with Gasteiger partial charge in [0.2, 0.25) is 0 Å². The second-order valence-corrected chi connectivity index (χ2v) is 5.97. The van der Waals surface area contributed by atoms with E-state index in [-0.39, 0.29) is 0 Å². The van der Waals surface area contributed by atoms with Crippen LogP contribution in [0.15, 0.2) is 26.2 Å². The normalized spacial score (nSPS) is 12.9. The molecule has 0 aromatic carbocycles. The largest absolute Gasteiger partial charge is 0.248 e. The molecule has 13 heavy (non-hydrogen) atoms. The van der Waals surface area contributed by atoms with Crippen molar-refractivity contribution in [3.8, 4) is 0 Å². The molecule has 4 heteroatoms. The minimum atomic E-state index is 0.616. The molecule has 0 bridgehead atoms. The number of nitrogens with zero attached hydrogens (tertiary/aromatic N) is 1. The van der Waals surface area contributed by atoms with Gasteiger partial charge in [-0.1, -0.05) is 13.8 Å². The molecule has 0 radical (unpaired) electrons. The van der Waals surface area contributed by atoms with Gasteiger partial charge >= 0.3 is 0 Å². The van der Waals surface area contributed by atoms with Gasteiger partial charge in [-0.2, -0.15) is 0 Å². The van der Waals surface area contributed by atoms with E-state index < -0.39 is 0 Å². The lowest BCUT2D eigenvalue weighted by molar-refractivity contribution is 0.899. The number of halogens is 2. The number of hydrogen-bond acceptors (Lipinski definition) is 2. The van der Waals surface area contributed by atoms with Crippen LogP contribution in [0.4, 0.5) is 0 Å². The van der Waals surface area contributed by atoms with Crippen molar-refractivity contribution in [1.29, 1.82) is 0 Å². The lowest BCUT2D eigenvalue weighted by Crippen LogP contribution is -1.94. The molecule has 0 aliphatic carbocycles. The van der Waals surface area contributed by atoms with E-state index in [1.54, 1.807) is 11.8 Å². The fraction of sp³-hybridized carbons (Fsp3) is 0.444. The van der Waals surface area contributed by atoms with E-state index in [9.17, 15) is 0 Å². The Morgan fingerprint density at radius 2 is 2.23 bits per heavy atom. The Balaban J connectivity index is 2.77. The summed E-state index contributed by atoms with van der Waals surface area (Å²) < 4.78 is 2.07. The van der Waals surface area contributed by atoms with E-state index >= 15 is 0 Å². The smallest absolute Gasteiger partial charge is 0.111 e. The highest BCUT2D eigenvalue weighted by Crippen LogP contribution is 2.31. The van der Waals surface area contributed by atoms with Gasteiger partial charge in [-0.25, -0.2) is 4.98 Å². The highest BCUT2D eigenvalue weighted by Gasteiger charge is 2.06. The van der Waals surface area contributed by atoms with E-state index in [2.05, 4.69) is 50.7 Å². The predicted molar refractivity (Wildman–Crippen MR) is 65.2 cm³/mol. The maximum atomic E-state index is 4.33. The summed E-state index contributed by atoms with van der Waals surface area (Å²) in [5.41, 5.74) is 0. The molecule has 0 spiro atoms. The fourth-order valence-electron chi connectivity index (χ4n) is 0.763. The van der Waals surface area contributed by atoms with Crippen LogP contribution in [0.25, 0.3) is 0 Å². The van der Waals surface area contributed by atoms with Crippen LogP contribution in [0.3, 0.4) is 0 Å². The van der Waals surface area contributed by atoms with Gasteiger partial charge in [0.25, 0.3) is 0 Å². The van der Waals surface area contributed by atoms with Crippen LogP contribution < -0.4 is 0 Å². The highest BCUT2D eigenvalue weighted by atomic mass is 79.9. The quantitative estimate of drug-likeness (QED) is 0.759. The van der Waals surface area contributed by atoms with Crippen LogP contribution in [-0.4, -0.2) is 10.2 Å². The van der Waals surface area contributed by atoms with Gasteiger partial charge in [0.05, 0.1) is 4.47 Å². The minimum absolute atomic E-state index is 0.616. The van der Waals surface area contributed by atoms with Gasteiger partial charge in [0.15, 0.2) is 0 Å². The predicted octanol–water partition coefficient (Wildman–Crippen LogP) is 4.50. The van der Waals surface area contributed by atoms with Crippen LogP contribution in [-0.2, 0) is 0 Å². The average Bonchev–Trinajstić information content (AvgIpc) is 2.09. The maximum Gasteiger partial charge on any atom is 0.111 e. The zero-order valence-corrected chi connectivity index (χ0v) is 11.5. The van der Waals surface area contributed by atoms with Crippen LogP contribution in [0.5, 0.6) is 0 Å². The van der Waals surface area contributed by atoms with Gasteiger partial charge in [0.1, 0.15) is 5.03 Å². The van der Waals surface area contributed by atoms with E-state index in [0.717, 1.165) is 20.4 Å². The molecule has 1 nitrogen and oxygen atoms in total. The molecule has 0 aliphatic rings. The third-order valence-electron chi connectivity index (χ3n) is 1.66. The molecule has 0 N–H and O–H groups in total. The first-order chi connectivity index (χ1) is 6.13. The summed E-state index contributed by atoms with van der Waals surface area (Å²) >= 11 is 8.67. The molecule has 1 aromatic rings. The molecule has 0 fully saturated rings. The van der Waals surface area contributed by atoms with Crippen molar-refractivity contribution in [3.05, 3.63) is 21.2 Å². The zero-order chi connectivity index (χ0) is 9.84. The standard InChI is InChI=1S/C9H11Br2NS/c1-3-6(2)13-9-8(11)4-7(10)5-12-9/h4-6H,3H2,1-2H3. The molecular weight excluding hydrogens is 314 g/mol. The Morgan fingerprint density at radius 1 is 1.54 bits per heavy atom. The van der Waals surface area contributed by atoms with E-state index in [4.69, 9.17) is 0 Å². The van der Waals surface area contributed by atoms with Crippen molar-refractivity contribution >= 4 is 43.6 Å². The van der Waals surface area contributed by atoms with E-state index in [1.807, 2.05) is 12.3 Å². The van der Waals surface area contributed by atoms with Gasteiger partial charge < -0.3 is 0 Å². The van der Waals surface area contributed by atoms with Crippen molar-refractivity contribution in [1.82, 2.24) is 4.98 Å². The van der Waals surface area contributed by atoms with Crippen molar-refractivity contribution in [2.24, 2.45) is 0 Å². The van der Waals surface area contributed by atoms with E-state index in [0.29, 0.717) is 5.25 Å². The van der Waals surface area contributed by atoms with Crippen molar-refractivity contribution in [3.63, 3.8) is 0 Å². The monoisotopic (exact) mass is 323 g/mol. The molecule has 0 aliphatic heterocycles. The number of aromatic nitrogens is 1. The number of hydrogen-bond donors (Lipinski definition) is 0. The van der Waals surface area contributed by atoms with Crippen LogP contribution in [0.1, 0.15) is 20.3 Å². The Hall–Kier alpha value is 0.460. The van der Waals surface area contributed by atoms with Gasteiger partial charge in [-0.05, 0) is 44.3 Å². The first-order valence-corrected chi connectivity index (χ1v) is 6.57. The Bertz CT molecular complexity index is 291. The molecule has 1 aromatic heterocycles. The molecule has 72 valence electrons. The topological polar surface area (TPSA) is 12.9 Å². The Kier molecular flexibility index (Phi) is 4.76. The molecule has 0 saturated heterocycles. The van der Waals surface area contributed by atoms with E-state index in [1.165, 1.54) is 0 Å². The third-order valence-corrected chi connectivity index (χ3v) is 4.25. The minimum Gasteiger partial charge on any atom is -0.248 e. The first-order valence-electron chi connectivity index (χ1n) is 4.11. The number of rotatable bonds is 3. The zero-order valence-electron chi connectivity index (χ0n) is 7.55. The Labute approximate surface area is 100.0 Å². The molecule has 0 amide bonds. The lowest BCUT2D eigenvalue weighted by atomic mass is 10.4. The molecule has 1 atom stereocenters. The molecule has 1 heterocycles. The van der Waals surface area contributed by atoms with Gasteiger partial charge in [-0.3, -0.25) is 0 Å². The molecule has 1 rings (SSSR count). The first kappa shape index (κ1) is 11.5. The summed E-state index contributed by atoms with van der Waals surface area (Å²) in [6, 6.07) is 2.03. The average molecular weight is 325 g/mol. The second-order valence-electron chi connectivity index (χ2n) is 2.78. The van der Waals surface area contributed by atoms with Crippen molar-refractivity contribution in [2.45, 2.75) is 30.5 Å². The van der Waals surface area contributed by atoms with Crippen LogP contribution in [0.2, 0.25) is 0 Å². The maximum absolute atomic E-state index is 4.33. The fourth-order valence-corrected chi connectivity index (χ4v) is 2.86. The summed E-state index contributed by atoms with van der Waals surface area (Å²) in [4.78, 5) is 4.33. The number of pyridine rings is 1. The summed E-state index contributed by atoms with van der Waals surface area (Å²) in [5.74, 6) is 0. The summed E-state index contributed by atoms with van der Waals surface area (Å²) in [6.07, 6.45) is 2.99. The van der Waals surface area contributed by atoms with Crippen molar-refractivity contribution in [2.75, 3.05) is 0 Å². The summed E-state index contributed by atoms with van der Waals surface area (Å²) in [6.45, 7) is 4.39. The third kappa shape index (κ3) is 3.60. The van der Waals surface area contributed by atoms with Crippen LogP contribution in [0, 0.1) is 0 Å². The number of thioether (sulfide) groups is 1. The SMILES string of the molecule is CCC(C)Sc1ncc(Br)cc1Br. The molecule has 0 saturated carbocycles. The molecule has 1 unspecified atom stereocenters. The molecular formula is C9H11Br2NS. The van der Waals surface area contributed by atoms with Crippen molar-refractivity contribution < 1.29 is 0 Å². The van der Waals surface area contributed by atoms with Crippen LogP contribution >= 0.6 is 43.6 Å².